The molecular weight excluding hydrogens is 215 g/mol. The molecule has 1 aromatic carbocycles. The van der Waals surface area contributed by atoms with Crippen LogP contribution in [0.2, 0.25) is 0 Å². The number of nitriles is 1. The highest BCUT2D eigenvalue weighted by molar-refractivity contribution is 5.16. The van der Waals surface area contributed by atoms with Gasteiger partial charge in [0.1, 0.15) is 5.82 Å². The van der Waals surface area contributed by atoms with Crippen molar-refractivity contribution in [3.8, 4) is 6.07 Å². The zero-order valence-corrected chi connectivity index (χ0v) is 10.5. The molecule has 1 atom stereocenters. The normalized spacial score (nSPS) is 12.4. The van der Waals surface area contributed by atoms with Crippen LogP contribution in [0.15, 0.2) is 24.3 Å². The third kappa shape index (κ3) is 4.97. The lowest BCUT2D eigenvalue weighted by Crippen LogP contribution is -2.27. The molecule has 0 aliphatic rings. The van der Waals surface area contributed by atoms with Crippen molar-refractivity contribution in [2.75, 3.05) is 20.1 Å². The van der Waals surface area contributed by atoms with E-state index in [2.05, 4.69) is 11.0 Å². The summed E-state index contributed by atoms with van der Waals surface area (Å²) in [5.74, 6) is -0.0962. The number of benzene rings is 1. The highest BCUT2D eigenvalue weighted by Gasteiger charge is 2.08. The van der Waals surface area contributed by atoms with Gasteiger partial charge in [-0.1, -0.05) is 19.1 Å². The summed E-state index contributed by atoms with van der Waals surface area (Å²) < 4.78 is 13.0. The molecule has 3 heteroatoms. The monoisotopic (exact) mass is 234 g/mol. The first-order valence-electron chi connectivity index (χ1n) is 5.98. The Labute approximate surface area is 103 Å². The van der Waals surface area contributed by atoms with Gasteiger partial charge in [-0.3, -0.25) is 0 Å². The highest BCUT2D eigenvalue weighted by atomic mass is 19.1. The third-order valence-corrected chi connectivity index (χ3v) is 2.88. The predicted octanol–water partition coefficient (Wildman–Crippen LogP) is 2.85. The van der Waals surface area contributed by atoms with E-state index in [1.54, 1.807) is 12.1 Å². The first-order chi connectivity index (χ1) is 8.15. The second-order valence-electron chi connectivity index (χ2n) is 4.38. The van der Waals surface area contributed by atoms with E-state index in [9.17, 15) is 4.39 Å². The molecule has 1 rings (SSSR count). The van der Waals surface area contributed by atoms with Crippen LogP contribution in [0.4, 0.5) is 4.39 Å². The van der Waals surface area contributed by atoms with Crippen molar-refractivity contribution in [1.29, 1.82) is 5.26 Å². The molecule has 1 unspecified atom stereocenters. The fourth-order valence-electron chi connectivity index (χ4n) is 1.74. The van der Waals surface area contributed by atoms with Gasteiger partial charge in [-0.25, -0.2) is 4.39 Å². The minimum absolute atomic E-state index is 0.0903. The fraction of sp³-hybridized carbons (Fsp3) is 0.500. The summed E-state index contributed by atoms with van der Waals surface area (Å²) >= 11 is 0. The van der Waals surface area contributed by atoms with Crippen molar-refractivity contribution in [3.63, 3.8) is 0 Å². The van der Waals surface area contributed by atoms with Crippen molar-refractivity contribution >= 4 is 0 Å². The van der Waals surface area contributed by atoms with E-state index in [1.807, 2.05) is 20.0 Å². The second-order valence-corrected chi connectivity index (χ2v) is 4.38. The van der Waals surface area contributed by atoms with Crippen molar-refractivity contribution < 1.29 is 4.39 Å². The second kappa shape index (κ2) is 7.03. The Bertz CT molecular complexity index is 384. The van der Waals surface area contributed by atoms with Crippen molar-refractivity contribution in [2.45, 2.75) is 19.8 Å². The molecule has 17 heavy (non-hydrogen) atoms. The standard InChI is InChI=1S/C14H19FN2/c1-3-12(10-16)11-17(2)8-7-13-5-4-6-14(15)9-13/h4-6,9,12H,3,7-8,11H2,1-2H3. The van der Waals surface area contributed by atoms with Gasteiger partial charge in [0.2, 0.25) is 0 Å². The zero-order chi connectivity index (χ0) is 12.7. The molecule has 0 aliphatic carbocycles. The molecule has 0 amide bonds. The van der Waals surface area contributed by atoms with Crippen LogP contribution in [-0.2, 0) is 6.42 Å². The molecule has 1 aromatic rings. The summed E-state index contributed by atoms with van der Waals surface area (Å²) in [6.45, 7) is 3.65. The SMILES string of the molecule is CCC(C#N)CN(C)CCc1cccc(F)c1. The first kappa shape index (κ1) is 13.7. The summed E-state index contributed by atoms with van der Waals surface area (Å²) in [7, 11) is 2.00. The van der Waals surface area contributed by atoms with Crippen LogP contribution in [0.25, 0.3) is 0 Å². The maximum Gasteiger partial charge on any atom is 0.123 e. The largest absolute Gasteiger partial charge is 0.305 e. The number of rotatable bonds is 6. The van der Waals surface area contributed by atoms with Crippen molar-refractivity contribution in [2.24, 2.45) is 5.92 Å². The van der Waals surface area contributed by atoms with Gasteiger partial charge < -0.3 is 4.90 Å². The summed E-state index contributed by atoms with van der Waals surface area (Å²) in [5.41, 5.74) is 1.00. The molecule has 0 saturated carbocycles. The summed E-state index contributed by atoms with van der Waals surface area (Å²) in [6, 6.07) is 8.97. The molecule has 0 bridgehead atoms. The van der Waals surface area contributed by atoms with Gasteiger partial charge in [-0.15, -0.1) is 0 Å². The number of nitrogens with zero attached hydrogens (tertiary/aromatic N) is 2. The van der Waals surface area contributed by atoms with Crippen LogP contribution in [0.3, 0.4) is 0 Å². The Hall–Kier alpha value is -1.40. The van der Waals surface area contributed by atoms with Gasteiger partial charge in [0.25, 0.3) is 0 Å². The molecule has 0 aromatic heterocycles. The maximum atomic E-state index is 13.0. The van der Waals surface area contributed by atoms with Crippen molar-refractivity contribution in [3.05, 3.63) is 35.6 Å². The van der Waals surface area contributed by atoms with Crippen LogP contribution >= 0.6 is 0 Å². The average Bonchev–Trinajstić information content (AvgIpc) is 2.33. The van der Waals surface area contributed by atoms with Gasteiger partial charge in [0, 0.05) is 13.1 Å². The van der Waals surface area contributed by atoms with E-state index in [-0.39, 0.29) is 11.7 Å². The van der Waals surface area contributed by atoms with E-state index >= 15 is 0 Å². The molecule has 0 heterocycles. The lowest BCUT2D eigenvalue weighted by atomic mass is 10.1. The molecule has 0 spiro atoms. The van der Waals surface area contributed by atoms with E-state index < -0.39 is 0 Å². The molecule has 0 aliphatic heterocycles. The van der Waals surface area contributed by atoms with Gasteiger partial charge >= 0.3 is 0 Å². The molecule has 0 saturated heterocycles. The molecule has 2 nitrogen and oxygen atoms in total. The Morgan fingerprint density at radius 1 is 1.47 bits per heavy atom. The van der Waals surface area contributed by atoms with Gasteiger partial charge in [0.05, 0.1) is 12.0 Å². The molecule has 0 N–H and O–H groups in total. The minimum Gasteiger partial charge on any atom is -0.305 e. The molecular formula is C14H19FN2. The van der Waals surface area contributed by atoms with Crippen LogP contribution in [0, 0.1) is 23.1 Å². The van der Waals surface area contributed by atoms with Crippen molar-refractivity contribution in [1.82, 2.24) is 4.90 Å². The maximum absolute atomic E-state index is 13.0. The summed E-state index contributed by atoms with van der Waals surface area (Å²) in [4.78, 5) is 2.13. The van der Waals surface area contributed by atoms with E-state index in [4.69, 9.17) is 5.26 Å². The van der Waals surface area contributed by atoms with E-state index in [0.29, 0.717) is 0 Å². The predicted molar refractivity (Wildman–Crippen MR) is 67.0 cm³/mol. The average molecular weight is 234 g/mol. The van der Waals surface area contributed by atoms with Crippen LogP contribution in [0.5, 0.6) is 0 Å². The van der Waals surface area contributed by atoms with E-state index in [0.717, 1.165) is 31.5 Å². The Morgan fingerprint density at radius 3 is 2.82 bits per heavy atom. The number of hydrogen-bond donors (Lipinski definition) is 0. The fourth-order valence-corrected chi connectivity index (χ4v) is 1.74. The smallest absolute Gasteiger partial charge is 0.123 e. The topological polar surface area (TPSA) is 27.0 Å². The molecule has 92 valence electrons. The lowest BCUT2D eigenvalue weighted by molar-refractivity contribution is 0.303. The number of likely N-dealkylation sites (N-methyl/N-ethyl adjacent to an activating group) is 1. The quantitative estimate of drug-likeness (QED) is 0.756. The summed E-state index contributed by atoms with van der Waals surface area (Å²) in [5, 5.41) is 8.87. The van der Waals surface area contributed by atoms with Crippen LogP contribution in [0.1, 0.15) is 18.9 Å². The number of halogens is 1. The lowest BCUT2D eigenvalue weighted by Gasteiger charge is -2.18. The van der Waals surface area contributed by atoms with Gasteiger partial charge in [0.15, 0.2) is 0 Å². The van der Waals surface area contributed by atoms with Gasteiger partial charge in [-0.05, 0) is 37.6 Å². The van der Waals surface area contributed by atoms with Gasteiger partial charge in [-0.2, -0.15) is 5.26 Å². The summed E-state index contributed by atoms with van der Waals surface area (Å²) in [6.07, 6.45) is 1.69. The minimum atomic E-state index is -0.186. The first-order valence-corrected chi connectivity index (χ1v) is 5.98. The zero-order valence-electron chi connectivity index (χ0n) is 10.5. The van der Waals surface area contributed by atoms with Crippen LogP contribution < -0.4 is 0 Å². The van der Waals surface area contributed by atoms with E-state index in [1.165, 1.54) is 6.07 Å². The Kier molecular flexibility index (Phi) is 5.65. The Balaban J connectivity index is 2.38. The highest BCUT2D eigenvalue weighted by Crippen LogP contribution is 2.07. The Morgan fingerprint density at radius 2 is 2.24 bits per heavy atom. The third-order valence-electron chi connectivity index (χ3n) is 2.88. The van der Waals surface area contributed by atoms with Crippen LogP contribution in [-0.4, -0.2) is 25.0 Å². The molecule has 0 fully saturated rings. The number of hydrogen-bond acceptors (Lipinski definition) is 2. The molecule has 0 radical (unpaired) electrons.